The van der Waals surface area contributed by atoms with Gasteiger partial charge in [-0.05, 0) is 25.1 Å². The quantitative estimate of drug-likeness (QED) is 0.600. The summed E-state index contributed by atoms with van der Waals surface area (Å²) in [4.78, 5) is 11.6. The molecule has 1 rings (SSSR count). The van der Waals surface area contributed by atoms with Crippen LogP contribution in [-0.4, -0.2) is 26.0 Å². The van der Waals surface area contributed by atoms with Crippen molar-refractivity contribution in [1.82, 2.24) is 5.32 Å². The number of benzene rings is 1. The zero-order valence-corrected chi connectivity index (χ0v) is 9.46. The largest absolute Gasteiger partial charge is 0.493 e. The normalized spacial score (nSPS) is 9.44. The summed E-state index contributed by atoms with van der Waals surface area (Å²) in [6.45, 7) is 1.50. The molecule has 86 valence electrons. The zero-order valence-electron chi connectivity index (χ0n) is 9.46. The molecule has 0 atom stereocenters. The van der Waals surface area contributed by atoms with Crippen molar-refractivity contribution in [3.8, 4) is 11.5 Å². The average Bonchev–Trinajstić information content (AvgIpc) is 2.27. The fraction of sp³-hybridized carbons (Fsp3) is 0.273. The van der Waals surface area contributed by atoms with Gasteiger partial charge in [-0.1, -0.05) is 0 Å². The van der Waals surface area contributed by atoms with E-state index in [1.54, 1.807) is 18.2 Å². The first-order chi connectivity index (χ1) is 7.58. The number of hydrogen-bond donors (Lipinski definition) is 2. The molecule has 1 aromatic carbocycles. The second kappa shape index (κ2) is 5.16. The Kier molecular flexibility index (Phi) is 3.88. The molecule has 0 saturated heterocycles. The standard InChI is InChI=1S/C11H14N2O3/c1-7(12)13-11(14)8-4-5-9(15-2)10(6-8)16-3/h4-6H,1-3H3,(H2,12,13,14). The van der Waals surface area contributed by atoms with Gasteiger partial charge >= 0.3 is 0 Å². The predicted octanol–water partition coefficient (Wildman–Crippen LogP) is 1.43. The Morgan fingerprint density at radius 1 is 1.25 bits per heavy atom. The Balaban J connectivity index is 2.98. The minimum Gasteiger partial charge on any atom is -0.493 e. The van der Waals surface area contributed by atoms with Gasteiger partial charge in [0.15, 0.2) is 11.5 Å². The first-order valence-corrected chi connectivity index (χ1v) is 4.67. The maximum absolute atomic E-state index is 11.6. The van der Waals surface area contributed by atoms with E-state index in [4.69, 9.17) is 14.9 Å². The van der Waals surface area contributed by atoms with Crippen LogP contribution in [0.25, 0.3) is 0 Å². The smallest absolute Gasteiger partial charge is 0.256 e. The van der Waals surface area contributed by atoms with Gasteiger partial charge in [-0.25, -0.2) is 0 Å². The van der Waals surface area contributed by atoms with E-state index in [0.717, 1.165) is 0 Å². The first kappa shape index (κ1) is 12.0. The van der Waals surface area contributed by atoms with Gasteiger partial charge in [-0.15, -0.1) is 0 Å². The molecule has 5 heteroatoms. The Hall–Kier alpha value is -2.04. The molecule has 0 heterocycles. The van der Waals surface area contributed by atoms with Crippen molar-refractivity contribution in [3.63, 3.8) is 0 Å². The highest BCUT2D eigenvalue weighted by atomic mass is 16.5. The van der Waals surface area contributed by atoms with Gasteiger partial charge in [-0.2, -0.15) is 0 Å². The van der Waals surface area contributed by atoms with Crippen LogP contribution >= 0.6 is 0 Å². The van der Waals surface area contributed by atoms with E-state index in [0.29, 0.717) is 17.1 Å². The molecule has 0 unspecified atom stereocenters. The van der Waals surface area contributed by atoms with Gasteiger partial charge in [0.1, 0.15) is 0 Å². The van der Waals surface area contributed by atoms with Crippen LogP contribution in [0.4, 0.5) is 0 Å². The van der Waals surface area contributed by atoms with E-state index in [-0.39, 0.29) is 11.7 Å². The fourth-order valence-corrected chi connectivity index (χ4v) is 1.22. The van der Waals surface area contributed by atoms with E-state index < -0.39 is 0 Å². The van der Waals surface area contributed by atoms with Crippen molar-refractivity contribution in [3.05, 3.63) is 23.8 Å². The molecule has 5 nitrogen and oxygen atoms in total. The predicted molar refractivity (Wildman–Crippen MR) is 60.4 cm³/mol. The molecule has 0 aliphatic rings. The number of amides is 1. The number of amidine groups is 1. The van der Waals surface area contributed by atoms with Crippen molar-refractivity contribution in [2.24, 2.45) is 0 Å². The molecule has 0 aliphatic carbocycles. The number of ether oxygens (including phenoxy) is 2. The summed E-state index contributed by atoms with van der Waals surface area (Å²) < 4.78 is 10.1. The molecule has 0 spiro atoms. The van der Waals surface area contributed by atoms with Crippen LogP contribution in [0, 0.1) is 5.41 Å². The Morgan fingerprint density at radius 2 is 1.88 bits per heavy atom. The minimum atomic E-state index is -0.339. The zero-order chi connectivity index (χ0) is 12.1. The minimum absolute atomic E-state index is 0.0970. The third-order valence-corrected chi connectivity index (χ3v) is 1.95. The number of hydrogen-bond acceptors (Lipinski definition) is 4. The molecule has 0 radical (unpaired) electrons. The summed E-state index contributed by atoms with van der Waals surface area (Å²) in [6.07, 6.45) is 0. The number of methoxy groups -OCH3 is 2. The van der Waals surface area contributed by atoms with E-state index in [1.807, 2.05) is 0 Å². The van der Waals surface area contributed by atoms with Crippen LogP contribution in [0.15, 0.2) is 18.2 Å². The molecule has 16 heavy (non-hydrogen) atoms. The number of carbonyl (C=O) groups is 1. The molecule has 2 N–H and O–H groups in total. The summed E-state index contributed by atoms with van der Waals surface area (Å²) in [5.74, 6) is 0.802. The number of carbonyl (C=O) groups excluding carboxylic acids is 1. The van der Waals surface area contributed by atoms with Crippen LogP contribution in [0.1, 0.15) is 17.3 Å². The van der Waals surface area contributed by atoms with Crippen molar-refractivity contribution >= 4 is 11.7 Å². The van der Waals surface area contributed by atoms with E-state index in [1.165, 1.54) is 21.1 Å². The van der Waals surface area contributed by atoms with Crippen LogP contribution in [-0.2, 0) is 0 Å². The van der Waals surface area contributed by atoms with Crippen molar-refractivity contribution in [2.75, 3.05) is 14.2 Å². The van der Waals surface area contributed by atoms with Crippen LogP contribution in [0.2, 0.25) is 0 Å². The summed E-state index contributed by atoms with van der Waals surface area (Å²) in [6, 6.07) is 4.82. The maximum atomic E-state index is 11.6. The highest BCUT2D eigenvalue weighted by Gasteiger charge is 2.10. The van der Waals surface area contributed by atoms with E-state index in [9.17, 15) is 4.79 Å². The van der Waals surface area contributed by atoms with E-state index >= 15 is 0 Å². The summed E-state index contributed by atoms with van der Waals surface area (Å²) in [5.41, 5.74) is 0.421. The molecule has 0 aromatic heterocycles. The van der Waals surface area contributed by atoms with Crippen LogP contribution < -0.4 is 14.8 Å². The lowest BCUT2D eigenvalue weighted by atomic mass is 10.2. The molecule has 0 aliphatic heterocycles. The monoisotopic (exact) mass is 222 g/mol. The van der Waals surface area contributed by atoms with Crippen LogP contribution in [0.5, 0.6) is 11.5 Å². The summed E-state index contributed by atoms with van der Waals surface area (Å²) in [5, 5.41) is 9.56. The third kappa shape index (κ3) is 2.73. The number of rotatable bonds is 3. The number of nitrogens with one attached hydrogen (secondary N) is 2. The second-order valence-electron chi connectivity index (χ2n) is 3.15. The average molecular weight is 222 g/mol. The lowest BCUT2D eigenvalue weighted by molar-refractivity contribution is 0.0976. The fourth-order valence-electron chi connectivity index (χ4n) is 1.22. The van der Waals surface area contributed by atoms with Crippen molar-refractivity contribution in [1.29, 1.82) is 5.41 Å². The SMILES string of the molecule is COc1ccc(C(=O)NC(C)=N)cc1OC. The van der Waals surface area contributed by atoms with Crippen molar-refractivity contribution < 1.29 is 14.3 Å². The highest BCUT2D eigenvalue weighted by Crippen LogP contribution is 2.27. The van der Waals surface area contributed by atoms with Gasteiger partial charge < -0.3 is 14.8 Å². The topological polar surface area (TPSA) is 71.4 Å². The van der Waals surface area contributed by atoms with Crippen molar-refractivity contribution in [2.45, 2.75) is 6.92 Å². The third-order valence-electron chi connectivity index (χ3n) is 1.95. The van der Waals surface area contributed by atoms with Crippen LogP contribution in [0.3, 0.4) is 0 Å². The molecule has 1 aromatic rings. The molecule has 0 saturated carbocycles. The van der Waals surface area contributed by atoms with E-state index in [2.05, 4.69) is 5.32 Å². The first-order valence-electron chi connectivity index (χ1n) is 4.67. The lowest BCUT2D eigenvalue weighted by Gasteiger charge is -2.09. The second-order valence-corrected chi connectivity index (χ2v) is 3.15. The maximum Gasteiger partial charge on any atom is 0.256 e. The Labute approximate surface area is 93.9 Å². The lowest BCUT2D eigenvalue weighted by Crippen LogP contribution is -2.27. The summed E-state index contributed by atoms with van der Waals surface area (Å²) >= 11 is 0. The Morgan fingerprint density at radius 3 is 2.38 bits per heavy atom. The van der Waals surface area contributed by atoms with Gasteiger partial charge in [0.25, 0.3) is 5.91 Å². The van der Waals surface area contributed by atoms with Gasteiger partial charge in [0.2, 0.25) is 0 Å². The highest BCUT2D eigenvalue weighted by molar-refractivity contribution is 6.05. The Bertz CT molecular complexity index is 416. The van der Waals surface area contributed by atoms with Gasteiger partial charge in [-0.3, -0.25) is 10.2 Å². The van der Waals surface area contributed by atoms with Gasteiger partial charge in [0.05, 0.1) is 20.1 Å². The molecular formula is C11H14N2O3. The summed E-state index contributed by atoms with van der Waals surface area (Å²) in [7, 11) is 3.03. The molecular weight excluding hydrogens is 208 g/mol. The molecule has 0 fully saturated rings. The molecule has 0 bridgehead atoms. The molecule has 1 amide bonds. The van der Waals surface area contributed by atoms with Gasteiger partial charge in [0, 0.05) is 5.56 Å².